The Kier molecular flexibility index (Phi) is 5.05. The molecule has 2 rings (SSSR count). The fourth-order valence-corrected chi connectivity index (χ4v) is 2.40. The van der Waals surface area contributed by atoms with E-state index in [4.69, 9.17) is 21.4 Å². The van der Waals surface area contributed by atoms with Crippen LogP contribution in [0.25, 0.3) is 0 Å². The van der Waals surface area contributed by atoms with Gasteiger partial charge in [0.15, 0.2) is 0 Å². The summed E-state index contributed by atoms with van der Waals surface area (Å²) in [6.45, 7) is 1.35. The summed E-state index contributed by atoms with van der Waals surface area (Å²) in [6, 6.07) is 7.23. The van der Waals surface area contributed by atoms with Crippen molar-refractivity contribution in [3.8, 4) is 0 Å². The number of benzene rings is 1. The minimum Gasteiger partial charge on any atom is -0.480 e. The van der Waals surface area contributed by atoms with E-state index >= 15 is 0 Å². The van der Waals surface area contributed by atoms with Crippen LogP contribution in [0.15, 0.2) is 24.3 Å². The molecule has 19 heavy (non-hydrogen) atoms. The van der Waals surface area contributed by atoms with Crippen molar-refractivity contribution in [3.63, 3.8) is 0 Å². The number of anilines is 1. The highest BCUT2D eigenvalue weighted by Crippen LogP contribution is 2.21. The van der Waals surface area contributed by atoms with Gasteiger partial charge in [0, 0.05) is 23.9 Å². The summed E-state index contributed by atoms with van der Waals surface area (Å²) >= 11 is 5.85. The molecule has 1 unspecified atom stereocenters. The maximum absolute atomic E-state index is 11.0. The Bertz CT molecular complexity index is 415. The normalized spacial score (nSPS) is 19.1. The third kappa shape index (κ3) is 4.40. The van der Waals surface area contributed by atoms with Crippen LogP contribution in [0.1, 0.15) is 19.3 Å². The van der Waals surface area contributed by atoms with E-state index in [1.54, 1.807) is 12.1 Å². The fraction of sp³-hybridized carbons (Fsp3) is 0.500. The lowest BCUT2D eigenvalue weighted by Gasteiger charge is -2.30. The van der Waals surface area contributed by atoms with Gasteiger partial charge in [0.05, 0.1) is 6.10 Å². The van der Waals surface area contributed by atoms with Crippen LogP contribution in [-0.2, 0) is 9.53 Å². The van der Waals surface area contributed by atoms with E-state index in [-0.39, 0.29) is 12.6 Å². The Balaban J connectivity index is 2.06. The van der Waals surface area contributed by atoms with Gasteiger partial charge in [-0.3, -0.25) is 4.79 Å². The minimum atomic E-state index is -0.842. The largest absolute Gasteiger partial charge is 0.480 e. The van der Waals surface area contributed by atoms with Crippen molar-refractivity contribution in [2.75, 3.05) is 24.6 Å². The molecule has 1 atom stereocenters. The van der Waals surface area contributed by atoms with Gasteiger partial charge in [-0.1, -0.05) is 11.6 Å². The lowest BCUT2D eigenvalue weighted by molar-refractivity contribution is -0.135. The van der Waals surface area contributed by atoms with Crippen LogP contribution in [0.2, 0.25) is 5.02 Å². The van der Waals surface area contributed by atoms with Crippen LogP contribution in [0.5, 0.6) is 0 Å². The molecule has 1 fully saturated rings. The maximum Gasteiger partial charge on any atom is 0.323 e. The van der Waals surface area contributed by atoms with Gasteiger partial charge in [-0.05, 0) is 43.5 Å². The summed E-state index contributed by atoms with van der Waals surface area (Å²) in [5.41, 5.74) is 0.862. The van der Waals surface area contributed by atoms with Gasteiger partial charge >= 0.3 is 5.97 Å². The molecule has 0 aromatic heterocycles. The quantitative estimate of drug-likeness (QED) is 0.903. The molecular formula is C14H18ClNO3. The lowest BCUT2D eigenvalue weighted by Crippen LogP contribution is -2.38. The number of hydrogen-bond acceptors (Lipinski definition) is 3. The molecular weight excluding hydrogens is 266 g/mol. The third-order valence-electron chi connectivity index (χ3n) is 3.22. The Morgan fingerprint density at radius 2 is 2.11 bits per heavy atom. The Labute approximate surface area is 117 Å². The molecule has 1 aliphatic heterocycles. The van der Waals surface area contributed by atoms with Crippen molar-refractivity contribution < 1.29 is 14.6 Å². The van der Waals surface area contributed by atoms with Gasteiger partial charge in [-0.25, -0.2) is 0 Å². The summed E-state index contributed by atoms with van der Waals surface area (Å²) in [6.07, 6.45) is 3.34. The van der Waals surface area contributed by atoms with E-state index in [1.807, 2.05) is 17.0 Å². The summed E-state index contributed by atoms with van der Waals surface area (Å²) in [7, 11) is 0. The molecule has 1 heterocycles. The van der Waals surface area contributed by atoms with E-state index < -0.39 is 5.97 Å². The van der Waals surface area contributed by atoms with E-state index in [2.05, 4.69) is 0 Å². The molecule has 5 heteroatoms. The van der Waals surface area contributed by atoms with Gasteiger partial charge in [-0.2, -0.15) is 0 Å². The van der Waals surface area contributed by atoms with Crippen molar-refractivity contribution in [2.24, 2.45) is 0 Å². The van der Waals surface area contributed by atoms with Crippen LogP contribution in [0.4, 0.5) is 5.69 Å². The predicted octanol–water partition coefficient (Wildman–Crippen LogP) is 2.80. The summed E-state index contributed by atoms with van der Waals surface area (Å²) < 4.78 is 5.67. The predicted molar refractivity (Wildman–Crippen MR) is 74.9 cm³/mol. The Morgan fingerprint density at radius 1 is 1.37 bits per heavy atom. The van der Waals surface area contributed by atoms with E-state index in [0.717, 1.165) is 31.6 Å². The first-order valence-electron chi connectivity index (χ1n) is 6.49. The lowest BCUT2D eigenvalue weighted by atomic mass is 10.1. The molecule has 1 aromatic carbocycles. The number of carbonyl (C=O) groups is 1. The molecule has 0 amide bonds. The van der Waals surface area contributed by atoms with Crippen molar-refractivity contribution in [1.82, 2.24) is 0 Å². The van der Waals surface area contributed by atoms with Crippen molar-refractivity contribution in [1.29, 1.82) is 0 Å². The van der Waals surface area contributed by atoms with Crippen LogP contribution in [0.3, 0.4) is 0 Å². The number of ether oxygens (including phenoxy) is 1. The molecule has 0 saturated carbocycles. The molecule has 0 radical (unpaired) electrons. The first-order chi connectivity index (χ1) is 9.15. The number of halogens is 1. The molecule has 104 valence electrons. The minimum absolute atomic E-state index is 0.0263. The Morgan fingerprint density at radius 3 is 2.68 bits per heavy atom. The van der Waals surface area contributed by atoms with Gasteiger partial charge in [0.1, 0.15) is 6.54 Å². The van der Waals surface area contributed by atoms with Crippen molar-refractivity contribution >= 4 is 23.3 Å². The zero-order valence-corrected chi connectivity index (χ0v) is 11.5. The van der Waals surface area contributed by atoms with Gasteiger partial charge < -0.3 is 14.7 Å². The number of rotatable bonds is 5. The average Bonchev–Trinajstić information content (AvgIpc) is 2.39. The van der Waals surface area contributed by atoms with E-state index in [0.29, 0.717) is 11.6 Å². The third-order valence-corrected chi connectivity index (χ3v) is 3.47. The first kappa shape index (κ1) is 14.2. The highest BCUT2D eigenvalue weighted by Gasteiger charge is 2.19. The second-order valence-corrected chi connectivity index (χ2v) is 5.18. The molecule has 1 aromatic rings. The smallest absolute Gasteiger partial charge is 0.323 e. The monoisotopic (exact) mass is 283 g/mol. The summed E-state index contributed by atoms with van der Waals surface area (Å²) in [5.74, 6) is -0.842. The topological polar surface area (TPSA) is 49.8 Å². The van der Waals surface area contributed by atoms with Gasteiger partial charge in [0.2, 0.25) is 0 Å². The van der Waals surface area contributed by atoms with Gasteiger partial charge in [-0.15, -0.1) is 0 Å². The Hall–Kier alpha value is -1.26. The molecule has 0 bridgehead atoms. The van der Waals surface area contributed by atoms with E-state index in [1.165, 1.54) is 0 Å². The molecule has 0 aliphatic carbocycles. The number of hydrogen-bond donors (Lipinski definition) is 1. The average molecular weight is 284 g/mol. The molecule has 1 aliphatic rings. The van der Waals surface area contributed by atoms with Crippen LogP contribution in [-0.4, -0.2) is 36.9 Å². The summed E-state index contributed by atoms with van der Waals surface area (Å²) in [4.78, 5) is 12.8. The molecule has 4 nitrogen and oxygen atoms in total. The highest BCUT2D eigenvalue weighted by atomic mass is 35.5. The number of nitrogens with zero attached hydrogens (tertiary/aromatic N) is 1. The standard InChI is InChI=1S/C14H18ClNO3/c15-11-4-6-12(7-5-11)16(10-14(17)18)9-13-3-1-2-8-19-13/h4-7,13H,1-3,8-10H2,(H,17,18). The van der Waals surface area contributed by atoms with Crippen molar-refractivity contribution in [2.45, 2.75) is 25.4 Å². The zero-order chi connectivity index (χ0) is 13.7. The van der Waals surface area contributed by atoms with Gasteiger partial charge in [0.25, 0.3) is 0 Å². The van der Waals surface area contributed by atoms with Crippen LogP contribution >= 0.6 is 11.6 Å². The number of carboxylic acids is 1. The second kappa shape index (κ2) is 6.78. The maximum atomic E-state index is 11.0. The van der Waals surface area contributed by atoms with Crippen LogP contribution in [0, 0.1) is 0 Å². The molecule has 1 N–H and O–H groups in total. The SMILES string of the molecule is O=C(O)CN(CC1CCCCO1)c1ccc(Cl)cc1. The fourth-order valence-electron chi connectivity index (χ4n) is 2.27. The summed E-state index contributed by atoms with van der Waals surface area (Å²) in [5, 5.41) is 9.67. The number of carboxylic acid groups (broad SMARTS) is 1. The first-order valence-corrected chi connectivity index (χ1v) is 6.87. The highest BCUT2D eigenvalue weighted by molar-refractivity contribution is 6.30. The van der Waals surface area contributed by atoms with Crippen molar-refractivity contribution in [3.05, 3.63) is 29.3 Å². The van der Waals surface area contributed by atoms with Crippen LogP contribution < -0.4 is 4.90 Å². The molecule has 0 spiro atoms. The molecule has 1 saturated heterocycles. The van der Waals surface area contributed by atoms with E-state index in [9.17, 15) is 4.79 Å². The zero-order valence-electron chi connectivity index (χ0n) is 10.7. The second-order valence-electron chi connectivity index (χ2n) is 4.74. The number of aliphatic carboxylic acids is 1.